The van der Waals surface area contributed by atoms with Gasteiger partial charge in [-0.3, -0.25) is 8.98 Å². The molecule has 1 aromatic carbocycles. The largest absolute Gasteiger partial charge is 0.366 e. The predicted molar refractivity (Wildman–Crippen MR) is 53.8 cm³/mol. The van der Waals surface area contributed by atoms with Crippen LogP contribution in [0.2, 0.25) is 0 Å². The van der Waals surface area contributed by atoms with Gasteiger partial charge in [-0.25, -0.2) is 0 Å². The maximum atomic E-state index is 11.4. The Morgan fingerprint density at radius 2 is 1.87 bits per heavy atom. The minimum absolute atomic E-state index is 0.00866. The number of amides is 1. The number of hydrogen-bond donors (Lipinski definition) is 1. The lowest BCUT2D eigenvalue weighted by atomic mass is 10.2. The van der Waals surface area contributed by atoms with Crippen molar-refractivity contribution in [2.75, 3.05) is 6.61 Å². The third kappa shape index (κ3) is 2.77. The Hall–Kier alpha value is -1.40. The van der Waals surface area contributed by atoms with Crippen LogP contribution in [-0.2, 0) is 14.3 Å². The number of hydrogen-bond acceptors (Lipinski definition) is 4. The molecule has 5 nitrogen and oxygen atoms in total. The number of carbonyl (C=O) groups is 1. The van der Waals surface area contributed by atoms with Crippen LogP contribution in [-0.4, -0.2) is 20.9 Å². The summed E-state index contributed by atoms with van der Waals surface area (Å²) < 4.78 is 27.3. The summed E-state index contributed by atoms with van der Waals surface area (Å²) in [6.45, 7) is 1.65. The van der Waals surface area contributed by atoms with E-state index in [1.165, 1.54) is 24.3 Å². The van der Waals surface area contributed by atoms with Gasteiger partial charge in [-0.2, -0.15) is 8.42 Å². The number of nitrogens with two attached hydrogens (primary N) is 1. The molecule has 0 heterocycles. The summed E-state index contributed by atoms with van der Waals surface area (Å²) in [4.78, 5) is 10.7. The van der Waals surface area contributed by atoms with Crippen molar-refractivity contribution >= 4 is 16.0 Å². The Kier molecular flexibility index (Phi) is 3.43. The van der Waals surface area contributed by atoms with Gasteiger partial charge in [0.15, 0.2) is 0 Å². The Morgan fingerprint density at radius 3 is 2.27 bits per heavy atom. The van der Waals surface area contributed by atoms with Crippen LogP contribution in [0.4, 0.5) is 0 Å². The van der Waals surface area contributed by atoms with Crippen LogP contribution in [0.15, 0.2) is 29.2 Å². The lowest BCUT2D eigenvalue weighted by Crippen LogP contribution is -2.11. The van der Waals surface area contributed by atoms with E-state index < -0.39 is 16.0 Å². The van der Waals surface area contributed by atoms with Crippen molar-refractivity contribution in [3.8, 4) is 0 Å². The van der Waals surface area contributed by atoms with E-state index in [4.69, 9.17) is 5.73 Å². The first-order valence-electron chi connectivity index (χ1n) is 4.26. The second-order valence-corrected chi connectivity index (χ2v) is 4.36. The molecule has 0 saturated heterocycles. The first kappa shape index (κ1) is 11.7. The second-order valence-electron chi connectivity index (χ2n) is 2.75. The number of rotatable bonds is 4. The van der Waals surface area contributed by atoms with Crippen LogP contribution in [0.3, 0.4) is 0 Å². The van der Waals surface area contributed by atoms with Crippen LogP contribution in [0.25, 0.3) is 0 Å². The number of carbonyl (C=O) groups excluding carboxylic acids is 1. The molecule has 0 spiro atoms. The zero-order chi connectivity index (χ0) is 11.5. The smallest absolute Gasteiger partial charge is 0.296 e. The van der Waals surface area contributed by atoms with Crippen molar-refractivity contribution in [3.05, 3.63) is 29.8 Å². The Bertz CT molecular complexity index is 450. The van der Waals surface area contributed by atoms with E-state index >= 15 is 0 Å². The number of benzene rings is 1. The van der Waals surface area contributed by atoms with Gasteiger partial charge in [0.2, 0.25) is 5.91 Å². The van der Waals surface area contributed by atoms with Crippen LogP contribution in [0.1, 0.15) is 17.3 Å². The Labute approximate surface area is 88.0 Å². The molecule has 6 heteroatoms. The van der Waals surface area contributed by atoms with E-state index in [1.807, 2.05) is 0 Å². The molecule has 0 atom stereocenters. The summed E-state index contributed by atoms with van der Waals surface area (Å²) in [7, 11) is -3.70. The molecule has 1 amide bonds. The monoisotopic (exact) mass is 229 g/mol. The van der Waals surface area contributed by atoms with Gasteiger partial charge in [0, 0.05) is 5.56 Å². The molecule has 0 aliphatic heterocycles. The summed E-state index contributed by atoms with van der Waals surface area (Å²) in [5.41, 5.74) is 5.27. The summed E-state index contributed by atoms with van der Waals surface area (Å²) in [5, 5.41) is 0. The molecule has 82 valence electrons. The fourth-order valence-electron chi connectivity index (χ4n) is 1.01. The van der Waals surface area contributed by atoms with E-state index in [2.05, 4.69) is 4.18 Å². The molecule has 0 fully saturated rings. The zero-order valence-electron chi connectivity index (χ0n) is 8.14. The highest BCUT2D eigenvalue weighted by Crippen LogP contribution is 2.12. The van der Waals surface area contributed by atoms with Crippen molar-refractivity contribution in [2.45, 2.75) is 11.8 Å². The van der Waals surface area contributed by atoms with E-state index in [0.29, 0.717) is 0 Å². The standard InChI is InChI=1S/C9H11NO4S/c1-2-14-15(12,13)8-5-3-7(4-6-8)9(10)11/h3-6H,2H2,1H3,(H2,10,11). The third-order valence-electron chi connectivity index (χ3n) is 1.70. The molecule has 15 heavy (non-hydrogen) atoms. The van der Waals surface area contributed by atoms with Crippen LogP contribution in [0.5, 0.6) is 0 Å². The summed E-state index contributed by atoms with van der Waals surface area (Å²) in [6, 6.07) is 5.25. The SMILES string of the molecule is CCOS(=O)(=O)c1ccc(C(N)=O)cc1. The topological polar surface area (TPSA) is 86.5 Å². The second kappa shape index (κ2) is 4.41. The molecule has 0 saturated carbocycles. The third-order valence-corrected chi connectivity index (χ3v) is 3.10. The molecule has 0 aromatic heterocycles. The fraction of sp³-hybridized carbons (Fsp3) is 0.222. The van der Waals surface area contributed by atoms with E-state index in [1.54, 1.807) is 6.92 Å². The molecule has 2 N–H and O–H groups in total. The van der Waals surface area contributed by atoms with Crippen LogP contribution in [0, 0.1) is 0 Å². The van der Waals surface area contributed by atoms with Crippen LogP contribution < -0.4 is 5.73 Å². The van der Waals surface area contributed by atoms with Gasteiger partial charge in [0.1, 0.15) is 0 Å². The van der Waals surface area contributed by atoms with Gasteiger partial charge < -0.3 is 5.73 Å². The normalized spacial score (nSPS) is 11.3. The molecule has 0 bridgehead atoms. The quantitative estimate of drug-likeness (QED) is 0.762. The highest BCUT2D eigenvalue weighted by Gasteiger charge is 2.14. The lowest BCUT2D eigenvalue weighted by Gasteiger charge is -2.03. The van der Waals surface area contributed by atoms with Crippen molar-refractivity contribution in [3.63, 3.8) is 0 Å². The lowest BCUT2D eigenvalue weighted by molar-refractivity contribution is 0.1000. The minimum Gasteiger partial charge on any atom is -0.366 e. The number of primary amides is 1. The molecule has 0 aliphatic rings. The summed E-state index contributed by atoms with van der Waals surface area (Å²) >= 11 is 0. The van der Waals surface area contributed by atoms with E-state index in [9.17, 15) is 13.2 Å². The van der Waals surface area contributed by atoms with E-state index in [-0.39, 0.29) is 17.1 Å². The average molecular weight is 229 g/mol. The summed E-state index contributed by atoms with van der Waals surface area (Å²) in [6.07, 6.45) is 0. The Balaban J connectivity index is 3.04. The average Bonchev–Trinajstić information content (AvgIpc) is 2.18. The predicted octanol–water partition coefficient (Wildman–Crippen LogP) is 0.511. The van der Waals surface area contributed by atoms with Crippen molar-refractivity contribution in [2.24, 2.45) is 5.73 Å². The van der Waals surface area contributed by atoms with Crippen molar-refractivity contribution in [1.29, 1.82) is 0 Å². The highest BCUT2D eigenvalue weighted by molar-refractivity contribution is 7.86. The summed E-state index contributed by atoms with van der Waals surface area (Å²) in [5.74, 6) is -0.602. The van der Waals surface area contributed by atoms with Crippen molar-refractivity contribution < 1.29 is 17.4 Å². The maximum absolute atomic E-state index is 11.4. The molecular formula is C9H11NO4S. The minimum atomic E-state index is -3.70. The van der Waals surface area contributed by atoms with Gasteiger partial charge in [0.05, 0.1) is 11.5 Å². The zero-order valence-corrected chi connectivity index (χ0v) is 8.95. The van der Waals surface area contributed by atoms with Gasteiger partial charge in [-0.15, -0.1) is 0 Å². The Morgan fingerprint density at radius 1 is 1.33 bits per heavy atom. The van der Waals surface area contributed by atoms with Crippen LogP contribution >= 0.6 is 0 Å². The molecule has 0 aliphatic carbocycles. The van der Waals surface area contributed by atoms with Gasteiger partial charge in [-0.1, -0.05) is 0 Å². The van der Waals surface area contributed by atoms with E-state index in [0.717, 1.165) is 0 Å². The fourth-order valence-corrected chi connectivity index (χ4v) is 1.92. The molecular weight excluding hydrogens is 218 g/mol. The highest BCUT2D eigenvalue weighted by atomic mass is 32.2. The molecule has 0 radical (unpaired) electrons. The molecule has 1 rings (SSSR count). The molecule has 1 aromatic rings. The van der Waals surface area contributed by atoms with Crippen molar-refractivity contribution in [1.82, 2.24) is 0 Å². The van der Waals surface area contributed by atoms with Gasteiger partial charge in [-0.05, 0) is 31.2 Å². The van der Waals surface area contributed by atoms with Gasteiger partial charge in [0.25, 0.3) is 10.1 Å². The van der Waals surface area contributed by atoms with Gasteiger partial charge >= 0.3 is 0 Å². The maximum Gasteiger partial charge on any atom is 0.296 e. The first-order valence-corrected chi connectivity index (χ1v) is 5.67. The first-order chi connectivity index (χ1) is 6.97. The molecule has 0 unspecified atom stereocenters.